The Morgan fingerprint density at radius 2 is 1.62 bits per heavy atom. The molecule has 0 unspecified atom stereocenters. The van der Waals surface area contributed by atoms with E-state index in [9.17, 15) is 19.5 Å². The number of alkyl carbamates (subject to hydrolysis) is 1. The fourth-order valence-electron chi connectivity index (χ4n) is 5.78. The van der Waals surface area contributed by atoms with Gasteiger partial charge in [-0.3, -0.25) is 9.59 Å². The molecule has 0 aromatic heterocycles. The second-order valence-corrected chi connectivity index (χ2v) is 9.64. The summed E-state index contributed by atoms with van der Waals surface area (Å²) in [7, 11) is 0. The number of fused-ring (bicyclic) bond motifs is 3. The molecule has 2 aromatic carbocycles. The number of likely N-dealkylation sites (tertiary alicyclic amines) is 1. The highest BCUT2D eigenvalue weighted by Gasteiger charge is 2.36. The summed E-state index contributed by atoms with van der Waals surface area (Å²) < 4.78 is 5.64. The zero-order chi connectivity index (χ0) is 23.7. The molecule has 34 heavy (non-hydrogen) atoms. The van der Waals surface area contributed by atoms with Crippen LogP contribution in [-0.2, 0) is 14.3 Å². The molecule has 3 atom stereocenters. The lowest BCUT2D eigenvalue weighted by Gasteiger charge is -2.32. The Labute approximate surface area is 199 Å². The van der Waals surface area contributed by atoms with Crippen LogP contribution in [0.5, 0.6) is 0 Å². The monoisotopic (exact) mass is 462 g/mol. The molecule has 2 N–H and O–H groups in total. The van der Waals surface area contributed by atoms with Crippen molar-refractivity contribution in [1.29, 1.82) is 0 Å². The van der Waals surface area contributed by atoms with Crippen molar-refractivity contribution in [3.05, 3.63) is 59.7 Å². The van der Waals surface area contributed by atoms with Crippen molar-refractivity contribution >= 4 is 18.0 Å². The van der Waals surface area contributed by atoms with Gasteiger partial charge in [0, 0.05) is 31.0 Å². The number of nitrogens with zero attached hydrogens (tertiary/aromatic N) is 1. The topological polar surface area (TPSA) is 95.9 Å². The number of benzene rings is 2. The number of amides is 2. The number of hydrogen-bond acceptors (Lipinski definition) is 4. The van der Waals surface area contributed by atoms with Crippen molar-refractivity contribution in [3.63, 3.8) is 0 Å². The minimum absolute atomic E-state index is 0.0114. The van der Waals surface area contributed by atoms with Gasteiger partial charge in [-0.1, -0.05) is 48.5 Å². The van der Waals surface area contributed by atoms with Gasteiger partial charge in [0.15, 0.2) is 0 Å². The van der Waals surface area contributed by atoms with Gasteiger partial charge in [0.25, 0.3) is 0 Å². The van der Waals surface area contributed by atoms with E-state index in [1.165, 1.54) is 22.3 Å². The number of carbonyl (C=O) groups is 3. The summed E-state index contributed by atoms with van der Waals surface area (Å²) in [5.41, 5.74) is 4.72. The molecule has 2 fully saturated rings. The molecule has 2 aliphatic carbocycles. The molecule has 178 valence electrons. The molecule has 0 radical (unpaired) electrons. The van der Waals surface area contributed by atoms with Gasteiger partial charge < -0.3 is 20.1 Å². The van der Waals surface area contributed by atoms with Crippen molar-refractivity contribution < 1.29 is 24.2 Å². The Hall–Kier alpha value is -3.35. The summed E-state index contributed by atoms with van der Waals surface area (Å²) >= 11 is 0. The zero-order valence-electron chi connectivity index (χ0n) is 19.1. The number of hydrogen-bond donors (Lipinski definition) is 2. The Morgan fingerprint density at radius 3 is 2.29 bits per heavy atom. The van der Waals surface area contributed by atoms with Crippen LogP contribution in [0.4, 0.5) is 4.79 Å². The van der Waals surface area contributed by atoms with Gasteiger partial charge in [-0.2, -0.15) is 0 Å². The number of piperidine rings is 1. The Kier molecular flexibility index (Phi) is 6.26. The van der Waals surface area contributed by atoms with E-state index in [4.69, 9.17) is 4.74 Å². The van der Waals surface area contributed by atoms with Crippen LogP contribution in [0.25, 0.3) is 11.1 Å². The number of carbonyl (C=O) groups excluding carboxylic acids is 2. The van der Waals surface area contributed by atoms with Crippen molar-refractivity contribution in [2.75, 3.05) is 19.7 Å². The van der Waals surface area contributed by atoms with Gasteiger partial charge in [0.1, 0.15) is 6.61 Å². The smallest absolute Gasteiger partial charge is 0.407 e. The molecule has 2 amide bonds. The summed E-state index contributed by atoms with van der Waals surface area (Å²) in [5, 5.41) is 12.2. The maximum Gasteiger partial charge on any atom is 0.407 e. The summed E-state index contributed by atoms with van der Waals surface area (Å²) in [6.07, 6.45) is 2.87. The Morgan fingerprint density at radius 1 is 0.941 bits per heavy atom. The lowest BCUT2D eigenvalue weighted by atomic mass is 9.96. The highest BCUT2D eigenvalue weighted by Crippen LogP contribution is 2.44. The van der Waals surface area contributed by atoms with E-state index in [-0.39, 0.29) is 36.9 Å². The van der Waals surface area contributed by atoms with Crippen molar-refractivity contribution in [1.82, 2.24) is 10.2 Å². The summed E-state index contributed by atoms with van der Waals surface area (Å²) in [4.78, 5) is 38.5. The van der Waals surface area contributed by atoms with Gasteiger partial charge in [-0.15, -0.1) is 0 Å². The van der Waals surface area contributed by atoms with Crippen LogP contribution in [-0.4, -0.2) is 53.7 Å². The minimum Gasteiger partial charge on any atom is -0.481 e. The van der Waals surface area contributed by atoms with E-state index in [1.807, 2.05) is 24.3 Å². The summed E-state index contributed by atoms with van der Waals surface area (Å²) in [6, 6.07) is 16.3. The highest BCUT2D eigenvalue weighted by atomic mass is 16.5. The van der Waals surface area contributed by atoms with Gasteiger partial charge in [-0.05, 0) is 54.4 Å². The molecule has 7 nitrogen and oxygen atoms in total. The molecule has 1 heterocycles. The van der Waals surface area contributed by atoms with Gasteiger partial charge in [0.05, 0.1) is 5.92 Å². The summed E-state index contributed by atoms with van der Waals surface area (Å²) in [5.74, 6) is -1.46. The molecule has 3 aliphatic rings. The molecular weight excluding hydrogens is 432 g/mol. The average Bonchev–Trinajstić information content (AvgIpc) is 3.45. The second kappa shape index (κ2) is 9.49. The number of carboxylic acids is 1. The number of ether oxygens (including phenoxy) is 1. The normalized spacial score (nSPS) is 23.8. The third-order valence-corrected chi connectivity index (χ3v) is 7.53. The van der Waals surface area contributed by atoms with Gasteiger partial charge in [-0.25, -0.2) is 4.79 Å². The molecule has 2 aromatic rings. The van der Waals surface area contributed by atoms with Crippen LogP contribution in [0.3, 0.4) is 0 Å². The number of rotatable bonds is 5. The molecule has 7 heteroatoms. The van der Waals surface area contributed by atoms with E-state index in [0.29, 0.717) is 25.8 Å². The Balaban J connectivity index is 1.14. The lowest BCUT2D eigenvalue weighted by Crippen LogP contribution is -2.45. The first kappa shape index (κ1) is 22.4. The maximum atomic E-state index is 12.9. The number of carboxylic acid groups (broad SMARTS) is 1. The highest BCUT2D eigenvalue weighted by molar-refractivity contribution is 5.81. The fraction of sp³-hybridized carbons (Fsp3) is 0.444. The van der Waals surface area contributed by atoms with Crippen molar-refractivity contribution in [3.8, 4) is 11.1 Å². The molecular formula is C27H30N2O5. The lowest BCUT2D eigenvalue weighted by molar-refractivity contribution is -0.146. The second-order valence-electron chi connectivity index (χ2n) is 9.64. The fourth-order valence-corrected chi connectivity index (χ4v) is 5.78. The van der Waals surface area contributed by atoms with Crippen LogP contribution in [0.1, 0.15) is 49.1 Å². The quantitative estimate of drug-likeness (QED) is 0.700. The third kappa shape index (κ3) is 4.39. The SMILES string of the molecule is O=C(N[C@@H]1CC[C@H](C(=O)N2CCC[C@@H](C(=O)O)C2)C1)OCC1c2ccccc2-c2ccccc21. The molecule has 5 rings (SSSR count). The van der Waals surface area contributed by atoms with Crippen LogP contribution in [0, 0.1) is 11.8 Å². The minimum atomic E-state index is -0.835. The largest absolute Gasteiger partial charge is 0.481 e. The first-order valence-corrected chi connectivity index (χ1v) is 12.1. The van der Waals surface area contributed by atoms with E-state index in [0.717, 1.165) is 12.8 Å². The average molecular weight is 463 g/mol. The standard InChI is InChI=1S/C27H30N2O5/c30-25(29-13-5-6-18(15-29)26(31)32)17-11-12-19(14-17)28-27(33)34-16-24-22-9-3-1-7-20(22)21-8-2-4-10-23(21)24/h1-4,7-10,17-19,24H,5-6,11-16H2,(H,28,33)(H,31,32)/t17-,18+,19+/m0/s1. The number of aliphatic carboxylic acids is 1. The van der Waals surface area contributed by atoms with Crippen molar-refractivity contribution in [2.45, 2.75) is 44.1 Å². The first-order valence-electron chi connectivity index (χ1n) is 12.1. The zero-order valence-corrected chi connectivity index (χ0v) is 19.1. The third-order valence-electron chi connectivity index (χ3n) is 7.53. The Bertz CT molecular complexity index is 1050. The van der Waals surface area contributed by atoms with E-state index >= 15 is 0 Å². The predicted octanol–water partition coefficient (Wildman–Crippen LogP) is 4.02. The van der Waals surface area contributed by atoms with Crippen LogP contribution < -0.4 is 5.32 Å². The maximum absolute atomic E-state index is 12.9. The van der Waals surface area contributed by atoms with Crippen LogP contribution >= 0.6 is 0 Å². The van der Waals surface area contributed by atoms with Gasteiger partial charge in [0.2, 0.25) is 5.91 Å². The van der Waals surface area contributed by atoms with E-state index < -0.39 is 18.0 Å². The van der Waals surface area contributed by atoms with Crippen molar-refractivity contribution in [2.24, 2.45) is 11.8 Å². The predicted molar refractivity (Wildman–Crippen MR) is 126 cm³/mol. The van der Waals surface area contributed by atoms with Gasteiger partial charge >= 0.3 is 12.1 Å². The molecule has 1 aliphatic heterocycles. The first-order chi connectivity index (χ1) is 16.5. The van der Waals surface area contributed by atoms with Crippen LogP contribution in [0.15, 0.2) is 48.5 Å². The molecule has 1 saturated carbocycles. The molecule has 0 bridgehead atoms. The van der Waals surface area contributed by atoms with E-state index in [2.05, 4.69) is 29.6 Å². The summed E-state index contributed by atoms with van der Waals surface area (Å²) in [6.45, 7) is 1.16. The molecule has 1 saturated heterocycles. The number of nitrogens with one attached hydrogen (secondary N) is 1. The van der Waals surface area contributed by atoms with Crippen LogP contribution in [0.2, 0.25) is 0 Å². The van der Waals surface area contributed by atoms with E-state index in [1.54, 1.807) is 4.90 Å². The molecule has 0 spiro atoms.